The van der Waals surface area contributed by atoms with Crippen LogP contribution in [0.1, 0.15) is 6.42 Å². The van der Waals surface area contributed by atoms with Gasteiger partial charge in [0.15, 0.2) is 0 Å². The third kappa shape index (κ3) is 3.26. The van der Waals surface area contributed by atoms with Crippen LogP contribution in [0.15, 0.2) is 11.8 Å². The van der Waals surface area contributed by atoms with Crippen molar-refractivity contribution in [3.05, 3.63) is 11.8 Å². The summed E-state index contributed by atoms with van der Waals surface area (Å²) in [5.41, 5.74) is 6.70. The molecule has 15 heavy (non-hydrogen) atoms. The second-order valence-electron chi connectivity index (χ2n) is 4.75. The topological polar surface area (TPSA) is 82.1 Å². The summed E-state index contributed by atoms with van der Waals surface area (Å²) in [6.07, 6.45) is 3.77. The fourth-order valence-corrected chi connectivity index (χ4v) is 3.54. The van der Waals surface area contributed by atoms with Crippen molar-refractivity contribution < 1.29 is 4.89 Å². The summed E-state index contributed by atoms with van der Waals surface area (Å²) in [5.74, 6) is 0.283. The molecule has 1 heterocycles. The number of hydrogen-bond acceptors (Lipinski definition) is 4. The first-order chi connectivity index (χ1) is 6.99. The number of hydrogen-bond donors (Lipinski definition) is 4. The molecule has 0 spiro atoms. The molecule has 0 bridgehead atoms. The Bertz CT molecular complexity index is 260. The van der Waals surface area contributed by atoms with E-state index >= 15 is 0 Å². The average molecular weight is 231 g/mol. The van der Waals surface area contributed by atoms with E-state index < -0.39 is 7.49 Å². The van der Waals surface area contributed by atoms with Gasteiger partial charge in [0.25, 0.3) is 0 Å². The Labute approximate surface area is 91.9 Å². The standard InChI is InChI=1S/C10H22N3OP/c1-15(2,14)10-3-8(6-13-7-10)9(4-11)5-12/h4-5,8,10-11,13-15H,3,6-7,12H2,1-2H3/b9-5+,11-4?. The van der Waals surface area contributed by atoms with Crippen molar-refractivity contribution in [1.29, 1.82) is 5.41 Å². The molecule has 1 saturated heterocycles. The summed E-state index contributed by atoms with van der Waals surface area (Å²) in [7, 11) is -2.08. The molecule has 2 atom stereocenters. The first kappa shape index (κ1) is 12.6. The van der Waals surface area contributed by atoms with Gasteiger partial charge in [-0.1, -0.05) is 0 Å². The van der Waals surface area contributed by atoms with Crippen LogP contribution in [0.4, 0.5) is 0 Å². The molecule has 1 aliphatic heterocycles. The molecule has 5 heteroatoms. The van der Waals surface area contributed by atoms with Gasteiger partial charge in [0.2, 0.25) is 0 Å². The Morgan fingerprint density at radius 3 is 2.67 bits per heavy atom. The van der Waals surface area contributed by atoms with Gasteiger partial charge in [-0.2, -0.15) is 0 Å². The van der Waals surface area contributed by atoms with Crippen LogP contribution in [0, 0.1) is 11.3 Å². The molecule has 0 amide bonds. The van der Waals surface area contributed by atoms with Gasteiger partial charge < -0.3 is 0 Å². The summed E-state index contributed by atoms with van der Waals surface area (Å²) < 4.78 is 0. The second-order valence-corrected chi connectivity index (χ2v) is 8.88. The molecule has 0 aromatic rings. The number of rotatable bonds is 3. The maximum absolute atomic E-state index is 10.1. The van der Waals surface area contributed by atoms with Gasteiger partial charge in [0, 0.05) is 0 Å². The van der Waals surface area contributed by atoms with E-state index in [1.54, 1.807) is 0 Å². The Morgan fingerprint density at radius 1 is 1.53 bits per heavy atom. The van der Waals surface area contributed by atoms with E-state index in [0.717, 1.165) is 25.1 Å². The molecule has 0 aliphatic carbocycles. The average Bonchev–Trinajstić information content (AvgIpc) is 2.19. The fourth-order valence-electron chi connectivity index (χ4n) is 2.04. The van der Waals surface area contributed by atoms with Crippen LogP contribution in [0.5, 0.6) is 0 Å². The summed E-state index contributed by atoms with van der Waals surface area (Å²) in [4.78, 5) is 10.1. The predicted octanol–water partition coefficient (Wildman–Crippen LogP) is 0.373. The van der Waals surface area contributed by atoms with Crippen molar-refractivity contribution in [3.63, 3.8) is 0 Å². The molecule has 2 unspecified atom stereocenters. The van der Waals surface area contributed by atoms with Gasteiger partial charge in [0.05, 0.1) is 0 Å². The van der Waals surface area contributed by atoms with Crippen molar-refractivity contribution in [2.24, 2.45) is 11.7 Å². The second kappa shape index (κ2) is 5.06. The van der Waals surface area contributed by atoms with Crippen LogP contribution in [0.3, 0.4) is 0 Å². The molecule has 0 radical (unpaired) electrons. The minimum atomic E-state index is -2.08. The molecule has 1 fully saturated rings. The first-order valence-corrected chi connectivity index (χ1v) is 8.36. The third-order valence-corrected chi connectivity index (χ3v) is 5.62. The normalized spacial score (nSPS) is 29.9. The minimum absolute atomic E-state index is 0.283. The van der Waals surface area contributed by atoms with E-state index in [1.165, 1.54) is 12.4 Å². The Hall–Kier alpha value is -0.440. The van der Waals surface area contributed by atoms with Crippen LogP contribution < -0.4 is 11.1 Å². The Kier molecular flexibility index (Phi) is 4.26. The zero-order valence-corrected chi connectivity index (χ0v) is 10.5. The molecular weight excluding hydrogens is 209 g/mol. The predicted molar refractivity (Wildman–Crippen MR) is 68.2 cm³/mol. The van der Waals surface area contributed by atoms with Crippen LogP contribution in [-0.2, 0) is 0 Å². The van der Waals surface area contributed by atoms with Gasteiger partial charge in [-0.05, 0) is 0 Å². The monoisotopic (exact) mass is 231 g/mol. The van der Waals surface area contributed by atoms with Crippen molar-refractivity contribution in [2.75, 3.05) is 26.4 Å². The van der Waals surface area contributed by atoms with E-state index in [9.17, 15) is 4.89 Å². The van der Waals surface area contributed by atoms with Crippen LogP contribution in [0.2, 0.25) is 0 Å². The van der Waals surface area contributed by atoms with Crippen LogP contribution in [0.25, 0.3) is 0 Å². The molecular formula is C10H22N3OP. The van der Waals surface area contributed by atoms with Crippen molar-refractivity contribution in [3.8, 4) is 0 Å². The van der Waals surface area contributed by atoms with E-state index in [0.29, 0.717) is 5.66 Å². The van der Waals surface area contributed by atoms with Gasteiger partial charge in [-0.15, -0.1) is 0 Å². The zero-order chi connectivity index (χ0) is 11.5. The van der Waals surface area contributed by atoms with Gasteiger partial charge in [-0.3, -0.25) is 0 Å². The molecule has 0 saturated carbocycles. The van der Waals surface area contributed by atoms with E-state index in [4.69, 9.17) is 11.1 Å². The first-order valence-electron chi connectivity index (χ1n) is 5.34. The molecule has 1 aliphatic rings. The van der Waals surface area contributed by atoms with Crippen molar-refractivity contribution >= 4 is 13.7 Å². The van der Waals surface area contributed by atoms with Gasteiger partial charge >= 0.3 is 91.2 Å². The maximum atomic E-state index is 10.1. The molecule has 0 aromatic carbocycles. The Balaban J connectivity index is 2.68. The molecule has 1 rings (SSSR count). The van der Waals surface area contributed by atoms with Gasteiger partial charge in [-0.25, -0.2) is 0 Å². The number of nitrogens with one attached hydrogen (secondary N) is 2. The SMILES string of the molecule is C[PH](C)(O)C1CNCC(/C(C=N)=C/N)C1. The fraction of sp³-hybridized carbons (Fsp3) is 0.700. The molecule has 5 N–H and O–H groups in total. The quantitative estimate of drug-likeness (QED) is 0.418. The number of nitrogens with two attached hydrogens (primary N) is 1. The Morgan fingerprint density at radius 2 is 2.20 bits per heavy atom. The zero-order valence-electron chi connectivity index (χ0n) is 9.46. The number of piperidine rings is 1. The molecule has 0 aromatic heterocycles. The molecule has 88 valence electrons. The van der Waals surface area contributed by atoms with E-state index in [-0.39, 0.29) is 5.92 Å². The third-order valence-electron chi connectivity index (χ3n) is 3.18. The molecule has 4 nitrogen and oxygen atoms in total. The van der Waals surface area contributed by atoms with Crippen molar-refractivity contribution in [1.82, 2.24) is 5.32 Å². The van der Waals surface area contributed by atoms with Crippen LogP contribution >= 0.6 is 7.49 Å². The summed E-state index contributed by atoms with van der Waals surface area (Å²) >= 11 is 0. The summed E-state index contributed by atoms with van der Waals surface area (Å²) in [5, 5.41) is 10.6. The summed E-state index contributed by atoms with van der Waals surface area (Å²) in [6, 6.07) is 0. The summed E-state index contributed by atoms with van der Waals surface area (Å²) in [6.45, 7) is 5.69. The van der Waals surface area contributed by atoms with E-state index in [1.807, 2.05) is 13.3 Å². The van der Waals surface area contributed by atoms with Crippen LogP contribution in [-0.4, -0.2) is 43.2 Å². The van der Waals surface area contributed by atoms with Gasteiger partial charge in [0.1, 0.15) is 0 Å². The van der Waals surface area contributed by atoms with Crippen molar-refractivity contribution in [2.45, 2.75) is 12.1 Å². The van der Waals surface area contributed by atoms with E-state index in [2.05, 4.69) is 5.32 Å².